The number of anilines is 3. The van der Waals surface area contributed by atoms with Crippen molar-refractivity contribution >= 4 is 38.8 Å². The largest absolute Gasteiger partial charge is 0.495 e. The molecule has 254 valence electrons. The highest BCUT2D eigenvalue weighted by atomic mass is 32.2. The van der Waals surface area contributed by atoms with Crippen LogP contribution >= 0.6 is 0 Å². The number of hydrogen-bond donors (Lipinski definition) is 3. The molecule has 2 heterocycles. The van der Waals surface area contributed by atoms with Gasteiger partial charge in [0.15, 0.2) is 0 Å². The van der Waals surface area contributed by atoms with Crippen LogP contribution in [0.5, 0.6) is 5.75 Å². The molecule has 0 unspecified atom stereocenters. The van der Waals surface area contributed by atoms with Gasteiger partial charge in [-0.2, -0.15) is 13.2 Å². The van der Waals surface area contributed by atoms with E-state index in [9.17, 15) is 17.4 Å². The van der Waals surface area contributed by atoms with Gasteiger partial charge in [-0.3, -0.25) is 4.21 Å². The summed E-state index contributed by atoms with van der Waals surface area (Å²) in [5.41, 5.74) is 3.36. The van der Waals surface area contributed by atoms with E-state index in [1.165, 1.54) is 4.57 Å². The van der Waals surface area contributed by atoms with Gasteiger partial charge in [-0.15, -0.1) is 13.2 Å². The van der Waals surface area contributed by atoms with Crippen molar-refractivity contribution in [2.24, 2.45) is 0 Å². The summed E-state index contributed by atoms with van der Waals surface area (Å²) in [6.07, 6.45) is -1.85. The molecule has 4 rings (SSSR count). The average molecular weight is 662 g/mol. The van der Waals surface area contributed by atoms with E-state index in [-0.39, 0.29) is 12.6 Å². The molecule has 1 fully saturated rings. The monoisotopic (exact) mass is 661 g/mol. The zero-order chi connectivity index (χ0) is 34.1. The van der Waals surface area contributed by atoms with Crippen LogP contribution in [0.1, 0.15) is 45.7 Å². The van der Waals surface area contributed by atoms with E-state index in [1.54, 1.807) is 25.3 Å². The number of rotatable bonds is 12. The van der Waals surface area contributed by atoms with Crippen LogP contribution < -0.4 is 25.6 Å². The fourth-order valence-electron chi connectivity index (χ4n) is 5.21. The molecule has 1 aromatic heterocycles. The number of aromatic nitrogens is 1. The Hall–Kier alpha value is -3.62. The molecule has 0 aliphatic carbocycles. The third kappa shape index (κ3) is 11.3. The lowest BCUT2D eigenvalue weighted by Crippen LogP contribution is -2.31. The molecule has 3 N–H and O–H groups in total. The van der Waals surface area contributed by atoms with Crippen LogP contribution in [0.4, 0.5) is 30.2 Å². The van der Waals surface area contributed by atoms with Crippen LogP contribution in [-0.4, -0.2) is 72.8 Å². The van der Waals surface area contributed by atoms with Crippen LogP contribution in [0.3, 0.4) is 0 Å². The van der Waals surface area contributed by atoms with Crippen LogP contribution in [0.2, 0.25) is 0 Å². The van der Waals surface area contributed by atoms with Gasteiger partial charge in [-0.05, 0) is 62.6 Å². The minimum absolute atomic E-state index is 0.136. The summed E-state index contributed by atoms with van der Waals surface area (Å²) in [6.45, 7) is 13.9. The Balaban J connectivity index is 0.00000177. The Morgan fingerprint density at radius 2 is 1.80 bits per heavy atom. The Bertz CT molecular complexity index is 1440. The van der Waals surface area contributed by atoms with E-state index in [4.69, 9.17) is 4.74 Å². The highest BCUT2D eigenvalue weighted by Crippen LogP contribution is 2.32. The SMILES string of the molecule is C=C.CC.CCCN(CCNC)c1ccc(NCC#Cc2cc3c(NC4CCS(=O)CC4)cccc3n2CC(F)(F)F)c(OC)c1. The maximum absolute atomic E-state index is 13.6. The van der Waals surface area contributed by atoms with Crippen molar-refractivity contribution in [3.8, 4) is 17.6 Å². The Morgan fingerprint density at radius 1 is 1.09 bits per heavy atom. The minimum atomic E-state index is -4.40. The first kappa shape index (κ1) is 38.6. The van der Waals surface area contributed by atoms with E-state index in [2.05, 4.69) is 52.8 Å². The minimum Gasteiger partial charge on any atom is -0.495 e. The second-order valence-electron chi connectivity index (χ2n) is 10.4. The summed E-state index contributed by atoms with van der Waals surface area (Å²) < 4.78 is 59.4. The molecule has 3 aromatic rings. The number of hydrogen-bond acceptors (Lipinski definition) is 6. The predicted octanol–water partition coefficient (Wildman–Crippen LogP) is 7.26. The molecular formula is C35H50F3N5O2S. The van der Waals surface area contributed by atoms with E-state index in [0.29, 0.717) is 33.9 Å². The standard InChI is InChI=1S/C31H40F3N5O2S.C2H6.C2H4/c1-4-16-38(17-15-35-2)24-10-11-28(30(21-24)41-3)36-14-6-7-25-20-26-27(37-23-12-18-42(40)19-13-23)8-5-9-29(26)39(25)22-31(32,33)34;2*1-2/h5,8-11,20-21,23,35-37H,4,12-19,22H2,1-3H3;1-2H3;1-2H2. The molecular weight excluding hydrogens is 611 g/mol. The number of ether oxygens (including phenoxy) is 1. The lowest BCUT2D eigenvalue weighted by atomic mass is 10.1. The first-order valence-corrected chi connectivity index (χ1v) is 17.3. The zero-order valence-corrected chi connectivity index (χ0v) is 28.7. The summed E-state index contributed by atoms with van der Waals surface area (Å²) in [7, 11) is 2.75. The van der Waals surface area contributed by atoms with E-state index >= 15 is 0 Å². The van der Waals surface area contributed by atoms with Crippen LogP contribution in [0.25, 0.3) is 10.9 Å². The van der Waals surface area contributed by atoms with Gasteiger partial charge < -0.3 is 30.2 Å². The van der Waals surface area contributed by atoms with Gasteiger partial charge in [-0.1, -0.05) is 32.8 Å². The molecule has 0 atom stereocenters. The first-order chi connectivity index (χ1) is 22.2. The van der Waals surface area contributed by atoms with Gasteiger partial charge in [0.05, 0.1) is 30.6 Å². The second-order valence-corrected chi connectivity index (χ2v) is 12.1. The quantitative estimate of drug-likeness (QED) is 0.140. The fourth-order valence-corrected chi connectivity index (χ4v) is 6.50. The van der Waals surface area contributed by atoms with Crippen molar-refractivity contribution in [2.75, 3.05) is 67.4 Å². The number of halogens is 3. The van der Waals surface area contributed by atoms with Crippen LogP contribution in [-0.2, 0) is 17.3 Å². The fraction of sp³-hybridized carbons (Fsp3) is 0.486. The van der Waals surface area contributed by atoms with Crippen LogP contribution in [0, 0.1) is 11.8 Å². The molecule has 0 saturated carbocycles. The van der Waals surface area contributed by atoms with Gasteiger partial charge in [0.25, 0.3) is 0 Å². The maximum atomic E-state index is 13.6. The highest BCUT2D eigenvalue weighted by Gasteiger charge is 2.30. The van der Waals surface area contributed by atoms with E-state index in [0.717, 1.165) is 56.0 Å². The summed E-state index contributed by atoms with van der Waals surface area (Å²) >= 11 is 0. The summed E-state index contributed by atoms with van der Waals surface area (Å²) in [5.74, 6) is 7.91. The predicted molar refractivity (Wildman–Crippen MR) is 190 cm³/mol. The molecule has 7 nitrogen and oxygen atoms in total. The molecule has 46 heavy (non-hydrogen) atoms. The first-order valence-electron chi connectivity index (χ1n) is 15.8. The topological polar surface area (TPSA) is 70.6 Å². The van der Waals surface area contributed by atoms with Gasteiger partial charge >= 0.3 is 6.18 Å². The van der Waals surface area contributed by atoms with Crippen molar-refractivity contribution in [2.45, 2.75) is 58.8 Å². The highest BCUT2D eigenvalue weighted by molar-refractivity contribution is 7.85. The number of benzene rings is 2. The lowest BCUT2D eigenvalue weighted by Gasteiger charge is -2.25. The van der Waals surface area contributed by atoms with Crippen LogP contribution in [0.15, 0.2) is 55.6 Å². The maximum Gasteiger partial charge on any atom is 0.406 e. The van der Waals surface area contributed by atoms with Gasteiger partial charge in [0.2, 0.25) is 0 Å². The number of nitrogens with one attached hydrogen (secondary N) is 3. The summed E-state index contributed by atoms with van der Waals surface area (Å²) in [6, 6.07) is 13.1. The Morgan fingerprint density at radius 3 is 2.43 bits per heavy atom. The van der Waals surface area contributed by atoms with Gasteiger partial charge in [0.1, 0.15) is 12.3 Å². The smallest absolute Gasteiger partial charge is 0.406 e. The Labute approximate surface area is 275 Å². The normalized spacial score (nSPS) is 15.7. The number of fused-ring (bicyclic) bond motifs is 1. The Kier molecular flexibility index (Phi) is 16.6. The molecule has 0 radical (unpaired) electrons. The molecule has 0 spiro atoms. The van der Waals surface area contributed by atoms with Crippen molar-refractivity contribution in [3.05, 3.63) is 61.3 Å². The average Bonchev–Trinajstić information content (AvgIpc) is 3.40. The van der Waals surface area contributed by atoms with Crippen molar-refractivity contribution in [1.82, 2.24) is 9.88 Å². The molecule has 1 aliphatic heterocycles. The third-order valence-electron chi connectivity index (χ3n) is 7.29. The number of methoxy groups -OCH3 is 1. The molecule has 0 amide bonds. The number of likely N-dealkylation sites (N-methyl/N-ethyl adjacent to an activating group) is 1. The van der Waals surface area contributed by atoms with E-state index < -0.39 is 23.5 Å². The van der Waals surface area contributed by atoms with Crippen molar-refractivity contribution < 1.29 is 22.1 Å². The van der Waals surface area contributed by atoms with Gasteiger partial charge in [-0.25, -0.2) is 0 Å². The second kappa shape index (κ2) is 19.8. The molecule has 2 aromatic carbocycles. The van der Waals surface area contributed by atoms with Crippen molar-refractivity contribution in [3.63, 3.8) is 0 Å². The lowest BCUT2D eigenvalue weighted by molar-refractivity contribution is -0.140. The summed E-state index contributed by atoms with van der Waals surface area (Å²) in [5, 5.41) is 10.6. The van der Waals surface area contributed by atoms with Gasteiger partial charge in [0, 0.05) is 70.8 Å². The third-order valence-corrected chi connectivity index (χ3v) is 8.67. The number of nitrogens with zero attached hydrogens (tertiary/aromatic N) is 2. The van der Waals surface area contributed by atoms with E-state index in [1.807, 2.05) is 45.2 Å². The molecule has 1 aliphatic rings. The molecule has 11 heteroatoms. The molecule has 1 saturated heterocycles. The van der Waals surface area contributed by atoms with Crippen molar-refractivity contribution in [1.29, 1.82) is 0 Å². The number of alkyl halides is 3. The summed E-state index contributed by atoms with van der Waals surface area (Å²) in [4.78, 5) is 2.29. The zero-order valence-electron chi connectivity index (χ0n) is 27.9. The molecule has 0 bridgehead atoms.